The summed E-state index contributed by atoms with van der Waals surface area (Å²) in [5.41, 5.74) is 6.11. The van der Waals surface area contributed by atoms with Crippen molar-refractivity contribution in [3.05, 3.63) is 23.9 Å². The highest BCUT2D eigenvalue weighted by molar-refractivity contribution is 5.94. The summed E-state index contributed by atoms with van der Waals surface area (Å²) in [7, 11) is 0. The summed E-state index contributed by atoms with van der Waals surface area (Å²) in [5.74, 6) is 1.90. The molecule has 0 saturated carbocycles. The Balaban J connectivity index is 2.08. The minimum Gasteiger partial charge on any atom is -0.384 e. The molecule has 1 unspecified atom stereocenters. The van der Waals surface area contributed by atoms with Gasteiger partial charge in [-0.1, -0.05) is 6.92 Å². The summed E-state index contributed by atoms with van der Waals surface area (Å²) in [6, 6.07) is 3.84. The van der Waals surface area contributed by atoms with Crippen molar-refractivity contribution in [3.63, 3.8) is 0 Å². The number of nitrogens with one attached hydrogen (secondary N) is 1. The van der Waals surface area contributed by atoms with E-state index in [1.807, 2.05) is 12.1 Å². The van der Waals surface area contributed by atoms with Crippen LogP contribution >= 0.6 is 0 Å². The molecular formula is C13H20N4. The van der Waals surface area contributed by atoms with Gasteiger partial charge in [0, 0.05) is 24.8 Å². The second-order valence-electron chi connectivity index (χ2n) is 4.84. The van der Waals surface area contributed by atoms with Gasteiger partial charge in [0.05, 0.1) is 0 Å². The molecule has 2 rings (SSSR count). The molecule has 1 aromatic heterocycles. The van der Waals surface area contributed by atoms with E-state index in [0.717, 1.165) is 24.8 Å². The maximum absolute atomic E-state index is 7.34. The number of rotatable bonds is 2. The summed E-state index contributed by atoms with van der Waals surface area (Å²) in [5, 5.41) is 7.34. The van der Waals surface area contributed by atoms with Gasteiger partial charge in [0.2, 0.25) is 0 Å². The van der Waals surface area contributed by atoms with Crippen LogP contribution in [0, 0.1) is 11.3 Å². The number of nitrogen functional groups attached to an aromatic ring is 1. The molecule has 0 radical (unpaired) electrons. The molecule has 1 fully saturated rings. The molecule has 4 nitrogen and oxygen atoms in total. The van der Waals surface area contributed by atoms with Crippen LogP contribution in [-0.2, 0) is 0 Å². The summed E-state index contributed by atoms with van der Waals surface area (Å²) >= 11 is 0. The van der Waals surface area contributed by atoms with Gasteiger partial charge in [-0.05, 0) is 37.3 Å². The monoisotopic (exact) mass is 232 g/mol. The van der Waals surface area contributed by atoms with Gasteiger partial charge in [0.1, 0.15) is 11.7 Å². The zero-order valence-electron chi connectivity index (χ0n) is 10.3. The molecule has 1 atom stereocenters. The van der Waals surface area contributed by atoms with Crippen LogP contribution in [0.25, 0.3) is 0 Å². The minimum atomic E-state index is 0.0774. The van der Waals surface area contributed by atoms with Crippen LogP contribution in [0.5, 0.6) is 0 Å². The Morgan fingerprint density at radius 3 is 2.88 bits per heavy atom. The fourth-order valence-corrected chi connectivity index (χ4v) is 2.22. The van der Waals surface area contributed by atoms with E-state index in [-0.39, 0.29) is 5.84 Å². The predicted molar refractivity (Wildman–Crippen MR) is 70.5 cm³/mol. The molecule has 1 aliphatic rings. The van der Waals surface area contributed by atoms with Gasteiger partial charge >= 0.3 is 0 Å². The summed E-state index contributed by atoms with van der Waals surface area (Å²) < 4.78 is 0. The molecule has 0 bridgehead atoms. The fraction of sp³-hybridized carbons (Fsp3) is 0.538. The van der Waals surface area contributed by atoms with E-state index in [9.17, 15) is 0 Å². The molecule has 1 saturated heterocycles. The Labute approximate surface area is 102 Å². The lowest BCUT2D eigenvalue weighted by Crippen LogP contribution is -2.25. The maximum Gasteiger partial charge on any atom is 0.128 e. The van der Waals surface area contributed by atoms with Crippen molar-refractivity contribution in [2.45, 2.75) is 26.2 Å². The minimum absolute atomic E-state index is 0.0774. The Kier molecular flexibility index (Phi) is 3.61. The highest BCUT2D eigenvalue weighted by atomic mass is 15.2. The normalized spacial score (nSPS) is 21.0. The lowest BCUT2D eigenvalue weighted by Gasteiger charge is -2.21. The molecule has 0 aromatic carbocycles. The first kappa shape index (κ1) is 11.9. The number of hydrogen-bond acceptors (Lipinski definition) is 3. The van der Waals surface area contributed by atoms with E-state index in [1.165, 1.54) is 19.3 Å². The van der Waals surface area contributed by atoms with E-state index < -0.39 is 0 Å². The number of anilines is 1. The third kappa shape index (κ3) is 2.96. The standard InChI is InChI=1S/C13H20N4/c1-10-3-2-7-17(8-6-10)12-5-4-11(9-16-12)13(14)15/h4-5,9-10H,2-3,6-8H2,1H3,(H3,14,15). The van der Waals surface area contributed by atoms with Crippen LogP contribution < -0.4 is 10.6 Å². The Bertz CT molecular complexity index is 385. The average Bonchev–Trinajstić information content (AvgIpc) is 2.54. The van der Waals surface area contributed by atoms with Crippen molar-refractivity contribution in [2.24, 2.45) is 11.7 Å². The molecule has 0 amide bonds. The smallest absolute Gasteiger partial charge is 0.128 e. The van der Waals surface area contributed by atoms with Crippen molar-refractivity contribution in [3.8, 4) is 0 Å². The molecule has 17 heavy (non-hydrogen) atoms. The number of nitrogens with two attached hydrogens (primary N) is 1. The maximum atomic E-state index is 7.34. The number of pyridine rings is 1. The molecule has 2 heterocycles. The zero-order chi connectivity index (χ0) is 12.3. The summed E-state index contributed by atoms with van der Waals surface area (Å²) in [6.45, 7) is 4.47. The predicted octanol–water partition coefficient (Wildman–Crippen LogP) is 1.99. The largest absolute Gasteiger partial charge is 0.384 e. The number of aromatic nitrogens is 1. The van der Waals surface area contributed by atoms with E-state index in [0.29, 0.717) is 5.56 Å². The van der Waals surface area contributed by atoms with E-state index >= 15 is 0 Å². The first-order valence-corrected chi connectivity index (χ1v) is 6.22. The van der Waals surface area contributed by atoms with Crippen LogP contribution in [0.15, 0.2) is 18.3 Å². The lowest BCUT2D eigenvalue weighted by molar-refractivity contribution is 0.521. The molecule has 3 N–H and O–H groups in total. The second-order valence-corrected chi connectivity index (χ2v) is 4.84. The van der Waals surface area contributed by atoms with Crippen LogP contribution in [-0.4, -0.2) is 23.9 Å². The molecule has 1 aliphatic heterocycles. The molecular weight excluding hydrogens is 212 g/mol. The Hall–Kier alpha value is -1.58. The third-order valence-corrected chi connectivity index (χ3v) is 3.40. The van der Waals surface area contributed by atoms with Crippen molar-refractivity contribution >= 4 is 11.7 Å². The first-order valence-electron chi connectivity index (χ1n) is 6.22. The Morgan fingerprint density at radius 1 is 1.41 bits per heavy atom. The topological polar surface area (TPSA) is 66.0 Å². The highest BCUT2D eigenvalue weighted by Gasteiger charge is 2.14. The summed E-state index contributed by atoms with van der Waals surface area (Å²) in [6.07, 6.45) is 5.46. The van der Waals surface area contributed by atoms with Crippen LogP contribution in [0.2, 0.25) is 0 Å². The van der Waals surface area contributed by atoms with E-state index in [1.54, 1.807) is 6.20 Å². The average molecular weight is 232 g/mol. The van der Waals surface area contributed by atoms with E-state index in [2.05, 4.69) is 16.8 Å². The quantitative estimate of drug-likeness (QED) is 0.605. The fourth-order valence-electron chi connectivity index (χ4n) is 2.22. The number of hydrogen-bond donors (Lipinski definition) is 2. The van der Waals surface area contributed by atoms with Gasteiger partial charge in [-0.2, -0.15) is 0 Å². The zero-order valence-corrected chi connectivity index (χ0v) is 10.3. The molecule has 92 valence electrons. The summed E-state index contributed by atoms with van der Waals surface area (Å²) in [4.78, 5) is 6.72. The first-order chi connectivity index (χ1) is 8.16. The van der Waals surface area contributed by atoms with Crippen LogP contribution in [0.4, 0.5) is 5.82 Å². The highest BCUT2D eigenvalue weighted by Crippen LogP contribution is 2.20. The van der Waals surface area contributed by atoms with Gasteiger partial charge in [0.25, 0.3) is 0 Å². The molecule has 0 aliphatic carbocycles. The van der Waals surface area contributed by atoms with Gasteiger partial charge in [0.15, 0.2) is 0 Å². The van der Waals surface area contributed by atoms with Gasteiger partial charge in [-0.3, -0.25) is 5.41 Å². The van der Waals surface area contributed by atoms with Crippen molar-refractivity contribution in [1.29, 1.82) is 5.41 Å². The molecule has 0 spiro atoms. The van der Waals surface area contributed by atoms with Crippen molar-refractivity contribution in [1.82, 2.24) is 4.98 Å². The SMILES string of the molecule is CC1CCCN(c2ccc(C(=N)N)cn2)CC1. The number of nitrogens with zero attached hydrogens (tertiary/aromatic N) is 2. The Morgan fingerprint density at radius 2 is 2.24 bits per heavy atom. The van der Waals surface area contributed by atoms with Crippen LogP contribution in [0.1, 0.15) is 31.7 Å². The lowest BCUT2D eigenvalue weighted by atomic mass is 10.0. The van der Waals surface area contributed by atoms with Gasteiger partial charge < -0.3 is 10.6 Å². The van der Waals surface area contributed by atoms with Crippen molar-refractivity contribution in [2.75, 3.05) is 18.0 Å². The third-order valence-electron chi connectivity index (χ3n) is 3.40. The molecule has 1 aromatic rings. The van der Waals surface area contributed by atoms with E-state index in [4.69, 9.17) is 11.1 Å². The van der Waals surface area contributed by atoms with Gasteiger partial charge in [-0.15, -0.1) is 0 Å². The molecule has 4 heteroatoms. The second kappa shape index (κ2) is 5.17. The van der Waals surface area contributed by atoms with Crippen molar-refractivity contribution < 1.29 is 0 Å². The number of amidine groups is 1. The van der Waals surface area contributed by atoms with Crippen LogP contribution in [0.3, 0.4) is 0 Å². The van der Waals surface area contributed by atoms with Gasteiger partial charge in [-0.25, -0.2) is 4.98 Å².